The maximum absolute atomic E-state index is 12.3. The number of rotatable bonds is 5. The molecule has 0 unspecified atom stereocenters. The summed E-state index contributed by atoms with van der Waals surface area (Å²) in [4.78, 5) is 23.9. The van der Waals surface area contributed by atoms with Gasteiger partial charge in [0.05, 0.1) is 19.0 Å². The molecule has 0 bridgehead atoms. The molecule has 0 saturated heterocycles. The number of carbonyl (C=O) groups is 2. The quantitative estimate of drug-likeness (QED) is 0.659. The molecule has 0 spiro atoms. The van der Waals surface area contributed by atoms with Crippen LogP contribution in [0, 0.1) is 0 Å². The summed E-state index contributed by atoms with van der Waals surface area (Å²) in [5.74, 6) is -0.598. The number of carbonyl (C=O) groups excluding carboxylic acids is 2. The number of ether oxygens (including phenoxy) is 1. The van der Waals surface area contributed by atoms with E-state index in [1.165, 1.54) is 18.0 Å². The van der Waals surface area contributed by atoms with E-state index < -0.39 is 5.97 Å². The van der Waals surface area contributed by atoms with Gasteiger partial charge in [-0.15, -0.1) is 0 Å². The molecule has 0 aliphatic rings. The van der Waals surface area contributed by atoms with Gasteiger partial charge < -0.3 is 15.8 Å². The van der Waals surface area contributed by atoms with E-state index in [1.807, 2.05) is 12.1 Å². The van der Waals surface area contributed by atoms with Crippen LogP contribution in [0.5, 0.6) is 0 Å². The van der Waals surface area contributed by atoms with Gasteiger partial charge in [0.25, 0.3) is 5.91 Å². The highest BCUT2D eigenvalue weighted by molar-refractivity contribution is 6.30. The molecule has 0 aliphatic heterocycles. The summed E-state index contributed by atoms with van der Waals surface area (Å²) in [5.41, 5.74) is 8.19. The first-order valence-electron chi connectivity index (χ1n) is 8.04. The molecule has 2 aromatic carbocycles. The molecular formula is C19H17ClN4O3. The molecule has 138 valence electrons. The third-order valence-electron chi connectivity index (χ3n) is 3.95. The first-order chi connectivity index (χ1) is 13.0. The maximum Gasteiger partial charge on any atom is 0.343 e. The Kier molecular flexibility index (Phi) is 5.42. The van der Waals surface area contributed by atoms with Gasteiger partial charge in [0, 0.05) is 17.1 Å². The third kappa shape index (κ3) is 4.09. The number of hydrogen-bond donors (Lipinski definition) is 2. The molecule has 7 nitrogen and oxygen atoms in total. The van der Waals surface area contributed by atoms with Crippen molar-refractivity contribution in [1.29, 1.82) is 0 Å². The second-order valence-electron chi connectivity index (χ2n) is 5.70. The number of methoxy groups -OCH3 is 1. The van der Waals surface area contributed by atoms with E-state index in [4.69, 9.17) is 17.3 Å². The van der Waals surface area contributed by atoms with Crippen molar-refractivity contribution in [2.75, 3.05) is 12.8 Å². The second-order valence-corrected chi connectivity index (χ2v) is 6.14. The zero-order chi connectivity index (χ0) is 19.4. The number of aromatic nitrogens is 2. The Hall–Kier alpha value is -3.32. The smallest absolute Gasteiger partial charge is 0.343 e. The van der Waals surface area contributed by atoms with Crippen molar-refractivity contribution >= 4 is 29.3 Å². The number of amides is 1. The summed E-state index contributed by atoms with van der Waals surface area (Å²) in [6, 6.07) is 14.0. The molecule has 3 aromatic rings. The number of halogens is 1. The number of benzene rings is 2. The van der Waals surface area contributed by atoms with Crippen LogP contribution in [0.4, 0.5) is 5.82 Å². The minimum Gasteiger partial charge on any atom is -0.465 e. The number of anilines is 1. The number of esters is 1. The lowest BCUT2D eigenvalue weighted by atomic mass is 10.1. The molecule has 3 N–H and O–H groups in total. The van der Waals surface area contributed by atoms with Gasteiger partial charge in [-0.1, -0.05) is 23.7 Å². The Morgan fingerprint density at radius 2 is 1.81 bits per heavy atom. The van der Waals surface area contributed by atoms with Crippen molar-refractivity contribution in [2.24, 2.45) is 0 Å². The molecule has 1 amide bonds. The monoisotopic (exact) mass is 384 g/mol. The van der Waals surface area contributed by atoms with Crippen LogP contribution in [0.15, 0.2) is 54.7 Å². The van der Waals surface area contributed by atoms with Crippen molar-refractivity contribution in [3.63, 3.8) is 0 Å². The highest BCUT2D eigenvalue weighted by Gasteiger charge is 2.16. The SMILES string of the molecule is COC(=O)c1cnn(-c2ccc(C(=O)NCc3ccc(Cl)cc3)cc2)c1N. The standard InChI is InChI=1S/C19H17ClN4O3/c1-27-19(26)16-11-23-24(17(16)21)15-8-4-13(5-9-15)18(25)22-10-12-2-6-14(20)7-3-12/h2-9,11H,10,21H2,1H3,(H,22,25). The van der Waals surface area contributed by atoms with E-state index in [0.29, 0.717) is 22.8 Å². The Morgan fingerprint density at radius 1 is 1.15 bits per heavy atom. The molecule has 0 radical (unpaired) electrons. The number of nitrogens with two attached hydrogens (primary N) is 1. The van der Waals surface area contributed by atoms with Crippen LogP contribution in [-0.4, -0.2) is 28.8 Å². The fourth-order valence-electron chi connectivity index (χ4n) is 2.47. The summed E-state index contributed by atoms with van der Waals surface area (Å²) in [5, 5.41) is 7.58. The number of nitrogens with one attached hydrogen (secondary N) is 1. The lowest BCUT2D eigenvalue weighted by Crippen LogP contribution is -2.22. The van der Waals surface area contributed by atoms with Crippen molar-refractivity contribution in [3.8, 4) is 5.69 Å². The molecule has 3 rings (SSSR count). The van der Waals surface area contributed by atoms with Gasteiger partial charge in [0.1, 0.15) is 11.4 Å². The molecule has 8 heteroatoms. The van der Waals surface area contributed by atoms with Crippen LogP contribution in [0.2, 0.25) is 5.02 Å². The second kappa shape index (κ2) is 7.92. The predicted octanol–water partition coefficient (Wildman–Crippen LogP) is 2.82. The Morgan fingerprint density at radius 3 is 2.44 bits per heavy atom. The average Bonchev–Trinajstić information content (AvgIpc) is 3.08. The largest absolute Gasteiger partial charge is 0.465 e. The van der Waals surface area contributed by atoms with Crippen molar-refractivity contribution in [2.45, 2.75) is 6.54 Å². The van der Waals surface area contributed by atoms with Gasteiger partial charge in [-0.05, 0) is 42.0 Å². The average molecular weight is 385 g/mol. The van der Waals surface area contributed by atoms with Crippen LogP contribution in [0.25, 0.3) is 5.69 Å². The van der Waals surface area contributed by atoms with Crippen LogP contribution in [0.1, 0.15) is 26.3 Å². The van der Waals surface area contributed by atoms with E-state index in [1.54, 1.807) is 36.4 Å². The summed E-state index contributed by atoms with van der Waals surface area (Å²) in [7, 11) is 1.27. The molecule has 0 aliphatic carbocycles. The Bertz CT molecular complexity index is 966. The van der Waals surface area contributed by atoms with Gasteiger partial charge >= 0.3 is 5.97 Å². The Balaban J connectivity index is 1.69. The highest BCUT2D eigenvalue weighted by Crippen LogP contribution is 2.18. The zero-order valence-electron chi connectivity index (χ0n) is 14.5. The first kappa shape index (κ1) is 18.5. The molecule has 1 heterocycles. The summed E-state index contributed by atoms with van der Waals surface area (Å²) in [6.45, 7) is 0.395. The number of hydrogen-bond acceptors (Lipinski definition) is 5. The third-order valence-corrected chi connectivity index (χ3v) is 4.20. The fraction of sp³-hybridized carbons (Fsp3) is 0.105. The van der Waals surface area contributed by atoms with E-state index in [9.17, 15) is 9.59 Å². The molecule has 1 aromatic heterocycles. The highest BCUT2D eigenvalue weighted by atomic mass is 35.5. The van der Waals surface area contributed by atoms with Crippen LogP contribution >= 0.6 is 11.6 Å². The number of nitrogen functional groups attached to an aromatic ring is 1. The minimum absolute atomic E-state index is 0.168. The topological polar surface area (TPSA) is 99.2 Å². The summed E-state index contributed by atoms with van der Waals surface area (Å²) < 4.78 is 6.06. The van der Waals surface area contributed by atoms with Gasteiger partial charge in [0.15, 0.2) is 0 Å². The lowest BCUT2D eigenvalue weighted by Gasteiger charge is -2.08. The van der Waals surface area contributed by atoms with Gasteiger partial charge in [-0.2, -0.15) is 5.10 Å². The van der Waals surface area contributed by atoms with E-state index >= 15 is 0 Å². The van der Waals surface area contributed by atoms with Crippen LogP contribution < -0.4 is 11.1 Å². The van der Waals surface area contributed by atoms with Crippen molar-refractivity contribution in [1.82, 2.24) is 15.1 Å². The van der Waals surface area contributed by atoms with E-state index in [2.05, 4.69) is 15.2 Å². The minimum atomic E-state index is -0.558. The van der Waals surface area contributed by atoms with Gasteiger partial charge in [-0.25, -0.2) is 9.48 Å². The maximum atomic E-state index is 12.3. The van der Waals surface area contributed by atoms with Crippen LogP contribution in [-0.2, 0) is 11.3 Å². The fourth-order valence-corrected chi connectivity index (χ4v) is 2.60. The normalized spacial score (nSPS) is 10.4. The molecule has 0 atom stereocenters. The van der Waals surface area contributed by atoms with Gasteiger partial charge in [0.2, 0.25) is 0 Å². The molecule has 27 heavy (non-hydrogen) atoms. The molecule has 0 fully saturated rings. The summed E-state index contributed by atoms with van der Waals surface area (Å²) >= 11 is 5.84. The zero-order valence-corrected chi connectivity index (χ0v) is 15.2. The van der Waals surface area contributed by atoms with Gasteiger partial charge in [-0.3, -0.25) is 4.79 Å². The van der Waals surface area contributed by atoms with Crippen molar-refractivity contribution < 1.29 is 14.3 Å². The summed E-state index contributed by atoms with van der Waals surface area (Å²) in [6.07, 6.45) is 1.34. The van der Waals surface area contributed by atoms with E-state index in [0.717, 1.165) is 5.56 Å². The van der Waals surface area contributed by atoms with Crippen LogP contribution in [0.3, 0.4) is 0 Å². The number of nitrogens with zero attached hydrogens (tertiary/aromatic N) is 2. The van der Waals surface area contributed by atoms with Crippen molar-refractivity contribution in [3.05, 3.63) is 76.4 Å². The van der Waals surface area contributed by atoms with E-state index in [-0.39, 0.29) is 17.3 Å². The molecular weight excluding hydrogens is 368 g/mol. The predicted molar refractivity (Wildman–Crippen MR) is 102 cm³/mol. The first-order valence-corrected chi connectivity index (χ1v) is 8.42. The molecule has 0 saturated carbocycles. The Labute approximate surface area is 160 Å². The lowest BCUT2D eigenvalue weighted by molar-refractivity contribution is 0.0602.